The van der Waals surface area contributed by atoms with Crippen LogP contribution in [0.1, 0.15) is 50.6 Å². The summed E-state index contributed by atoms with van der Waals surface area (Å²) in [6.07, 6.45) is -2.74. The zero-order valence-electron chi connectivity index (χ0n) is 29.8. The smallest absolute Gasteiger partial charge is 0.330 e. The van der Waals surface area contributed by atoms with E-state index in [0.29, 0.717) is 11.5 Å². The first-order chi connectivity index (χ1) is 23.7. The summed E-state index contributed by atoms with van der Waals surface area (Å²) < 4.78 is 38.9. The van der Waals surface area contributed by atoms with Crippen molar-refractivity contribution in [2.24, 2.45) is 0 Å². The molecular formula is C38H46N2O9Si. The molecule has 0 spiro atoms. The molecule has 50 heavy (non-hydrogen) atoms. The highest BCUT2D eigenvalue weighted by Gasteiger charge is 2.54. The molecule has 0 bridgehead atoms. The van der Waals surface area contributed by atoms with Gasteiger partial charge < -0.3 is 28.1 Å². The van der Waals surface area contributed by atoms with E-state index in [-0.39, 0.29) is 11.6 Å². The topological polar surface area (TPSA) is 127 Å². The molecule has 1 aliphatic rings. The quantitative estimate of drug-likeness (QED) is 0.111. The summed E-state index contributed by atoms with van der Waals surface area (Å²) in [4.78, 5) is 40.7. The molecule has 0 saturated carbocycles. The van der Waals surface area contributed by atoms with Crippen molar-refractivity contribution >= 4 is 14.3 Å². The van der Waals surface area contributed by atoms with Gasteiger partial charge in [-0.15, -0.1) is 0 Å². The Labute approximate surface area is 293 Å². The zero-order valence-corrected chi connectivity index (χ0v) is 30.8. The number of methoxy groups -OCH3 is 2. The van der Waals surface area contributed by atoms with E-state index in [4.69, 9.17) is 28.1 Å². The summed E-state index contributed by atoms with van der Waals surface area (Å²) in [5.74, 6) is 0.735. The highest BCUT2D eigenvalue weighted by molar-refractivity contribution is 6.74. The van der Waals surface area contributed by atoms with Gasteiger partial charge in [-0.2, -0.15) is 0 Å². The average Bonchev–Trinajstić information content (AvgIpc) is 3.41. The summed E-state index contributed by atoms with van der Waals surface area (Å²) in [7, 11) is 0.882. The molecule has 0 radical (unpaired) electrons. The van der Waals surface area contributed by atoms with Crippen LogP contribution in [0.5, 0.6) is 11.5 Å². The van der Waals surface area contributed by atoms with Crippen molar-refractivity contribution in [1.29, 1.82) is 0 Å². The summed E-state index contributed by atoms with van der Waals surface area (Å²) in [6.45, 7) is 12.0. The Bertz CT molecular complexity index is 1820. The van der Waals surface area contributed by atoms with Gasteiger partial charge in [-0.3, -0.25) is 19.1 Å². The molecule has 2 heterocycles. The molecule has 1 saturated heterocycles. The van der Waals surface area contributed by atoms with E-state index < -0.39 is 55.7 Å². The predicted octanol–water partition coefficient (Wildman–Crippen LogP) is 5.78. The van der Waals surface area contributed by atoms with Gasteiger partial charge in [0.25, 0.3) is 5.56 Å². The molecule has 1 aromatic heterocycles. The van der Waals surface area contributed by atoms with Gasteiger partial charge in [0, 0.05) is 19.2 Å². The van der Waals surface area contributed by atoms with Crippen LogP contribution in [0.25, 0.3) is 0 Å². The summed E-state index contributed by atoms with van der Waals surface area (Å²) in [6, 6.07) is 25.9. The van der Waals surface area contributed by atoms with E-state index in [9.17, 15) is 14.4 Å². The van der Waals surface area contributed by atoms with Crippen LogP contribution in [-0.2, 0) is 29.0 Å². The minimum atomic E-state index is -2.31. The fourth-order valence-corrected chi connectivity index (χ4v) is 6.91. The first-order valence-corrected chi connectivity index (χ1v) is 19.4. The van der Waals surface area contributed by atoms with E-state index in [1.807, 2.05) is 78.9 Å². The van der Waals surface area contributed by atoms with E-state index >= 15 is 0 Å². The third-order valence-corrected chi connectivity index (χ3v) is 14.1. The van der Waals surface area contributed by atoms with Crippen LogP contribution in [0.3, 0.4) is 0 Å². The van der Waals surface area contributed by atoms with Crippen LogP contribution in [0.15, 0.2) is 101 Å². The molecule has 1 aliphatic heterocycles. The van der Waals surface area contributed by atoms with Crippen LogP contribution in [-0.4, -0.2) is 63.0 Å². The SMILES string of the molecule is COc1ccc(C(O[C@@H]2[C@H](OC(C)=O)[C@@H](CO[Si](C)(C)C(C)(C)C)O[C@H]2n2ccc(=O)[nH]c2=O)(c2ccccc2)c2ccc(OC)cc2)cc1. The lowest BCUT2D eigenvalue weighted by atomic mass is 9.79. The van der Waals surface area contributed by atoms with Crippen molar-refractivity contribution in [3.05, 3.63) is 129 Å². The maximum atomic E-state index is 13.4. The third-order valence-electron chi connectivity index (χ3n) is 9.61. The monoisotopic (exact) mass is 702 g/mol. The van der Waals surface area contributed by atoms with Gasteiger partial charge in [0.05, 0.1) is 20.8 Å². The molecule has 4 aromatic rings. The summed E-state index contributed by atoms with van der Waals surface area (Å²) in [5.41, 5.74) is -0.417. The maximum Gasteiger partial charge on any atom is 0.330 e. The molecule has 12 heteroatoms. The lowest BCUT2D eigenvalue weighted by Crippen LogP contribution is -2.48. The average molecular weight is 703 g/mol. The lowest BCUT2D eigenvalue weighted by Gasteiger charge is -2.40. The predicted molar refractivity (Wildman–Crippen MR) is 191 cm³/mol. The number of hydrogen-bond donors (Lipinski definition) is 1. The number of esters is 1. The molecule has 5 rings (SSSR count). The van der Waals surface area contributed by atoms with E-state index in [2.05, 4.69) is 38.8 Å². The molecule has 1 fully saturated rings. The number of nitrogens with zero attached hydrogens (tertiary/aromatic N) is 1. The third kappa shape index (κ3) is 7.48. The van der Waals surface area contributed by atoms with Crippen LogP contribution < -0.4 is 20.7 Å². The van der Waals surface area contributed by atoms with Crippen LogP contribution in [0.4, 0.5) is 0 Å². The first-order valence-electron chi connectivity index (χ1n) is 16.5. The van der Waals surface area contributed by atoms with Crippen molar-refractivity contribution in [3.8, 4) is 11.5 Å². The van der Waals surface area contributed by atoms with Crippen LogP contribution in [0, 0.1) is 0 Å². The standard InChI is InChI=1S/C38H46N2O9Si/c1-25(41)47-33-31(24-46-50(7,8)37(2,3)4)48-35(40-23-22-32(42)39-36(40)43)34(33)49-38(26-12-10-9-11-13-26,27-14-18-29(44-5)19-15-27)28-16-20-30(45-6)21-17-28/h9-23,31,33-35H,24H2,1-8H3,(H,39,42,43)/t31-,33-,34-,35-/m1/s1. The molecule has 3 aromatic carbocycles. The van der Waals surface area contributed by atoms with E-state index in [1.54, 1.807) is 14.2 Å². The Morgan fingerprint density at radius 3 is 1.84 bits per heavy atom. The lowest BCUT2D eigenvalue weighted by molar-refractivity contribution is -0.163. The number of nitrogens with one attached hydrogen (secondary N) is 1. The second-order valence-corrected chi connectivity index (χ2v) is 18.6. The van der Waals surface area contributed by atoms with Gasteiger partial charge in [0.15, 0.2) is 20.6 Å². The normalized spacial score (nSPS) is 19.6. The zero-order chi connectivity index (χ0) is 36.3. The minimum absolute atomic E-state index is 0.0757. The first kappa shape index (κ1) is 36.8. The van der Waals surface area contributed by atoms with E-state index in [1.165, 1.54) is 23.8 Å². The van der Waals surface area contributed by atoms with Crippen molar-refractivity contribution < 1.29 is 32.9 Å². The molecule has 0 aliphatic carbocycles. The summed E-state index contributed by atoms with van der Waals surface area (Å²) >= 11 is 0. The Balaban J connectivity index is 1.75. The highest BCUT2D eigenvalue weighted by Crippen LogP contribution is 2.47. The van der Waals surface area contributed by atoms with Gasteiger partial charge >= 0.3 is 11.7 Å². The number of ether oxygens (including phenoxy) is 5. The number of carbonyl (C=O) groups excluding carboxylic acids is 1. The second-order valence-electron chi connectivity index (χ2n) is 13.8. The Hall–Kier alpha value is -4.49. The number of benzene rings is 3. The van der Waals surface area contributed by atoms with Crippen molar-refractivity contribution in [2.75, 3.05) is 20.8 Å². The molecule has 11 nitrogen and oxygen atoms in total. The van der Waals surface area contributed by atoms with Gasteiger partial charge in [-0.1, -0.05) is 75.4 Å². The summed E-state index contributed by atoms with van der Waals surface area (Å²) in [5, 5.41) is -0.112. The number of carbonyl (C=O) groups is 1. The van der Waals surface area contributed by atoms with Gasteiger partial charge in [0.2, 0.25) is 0 Å². The molecule has 4 atom stereocenters. The van der Waals surface area contributed by atoms with Gasteiger partial charge in [0.1, 0.15) is 29.3 Å². The molecule has 266 valence electrons. The van der Waals surface area contributed by atoms with Gasteiger partial charge in [-0.05, 0) is 59.1 Å². The minimum Gasteiger partial charge on any atom is -0.497 e. The fraction of sp³-hybridized carbons (Fsp3) is 0.395. The number of aromatic nitrogens is 2. The fourth-order valence-electron chi connectivity index (χ4n) is 5.89. The number of rotatable bonds is 12. The molecule has 1 N–H and O–H groups in total. The van der Waals surface area contributed by atoms with Crippen LogP contribution in [0.2, 0.25) is 18.1 Å². The number of H-pyrrole nitrogens is 1. The van der Waals surface area contributed by atoms with Crippen molar-refractivity contribution in [1.82, 2.24) is 9.55 Å². The molecule has 0 amide bonds. The molecule has 0 unspecified atom stereocenters. The van der Waals surface area contributed by atoms with Crippen molar-refractivity contribution in [3.63, 3.8) is 0 Å². The van der Waals surface area contributed by atoms with Gasteiger partial charge in [-0.25, -0.2) is 4.79 Å². The Morgan fingerprint density at radius 1 is 0.820 bits per heavy atom. The maximum absolute atomic E-state index is 13.4. The number of hydrogen-bond acceptors (Lipinski definition) is 9. The highest BCUT2D eigenvalue weighted by atomic mass is 28.4. The largest absolute Gasteiger partial charge is 0.497 e. The second kappa shape index (κ2) is 14.8. The van der Waals surface area contributed by atoms with Crippen LogP contribution >= 0.6 is 0 Å². The van der Waals surface area contributed by atoms with E-state index in [0.717, 1.165) is 16.7 Å². The molecular weight excluding hydrogens is 657 g/mol. The Morgan fingerprint density at radius 2 is 1.36 bits per heavy atom. The van der Waals surface area contributed by atoms with Crippen molar-refractivity contribution in [2.45, 2.75) is 76.0 Å². The number of aromatic amines is 1. The Kier molecular flexibility index (Phi) is 10.9.